The third-order valence-electron chi connectivity index (χ3n) is 4.07. The van der Waals surface area contributed by atoms with Crippen molar-refractivity contribution in [3.63, 3.8) is 0 Å². The van der Waals surface area contributed by atoms with Crippen LogP contribution in [-0.4, -0.2) is 35.8 Å². The van der Waals surface area contributed by atoms with Crippen molar-refractivity contribution in [1.29, 1.82) is 0 Å². The second-order valence-electron chi connectivity index (χ2n) is 5.85. The minimum absolute atomic E-state index is 0. The SMILES string of the molecule is Cl.NC(=O)CCN(Cc1ccccc1)C(=O)CCC1CCCN1. The second-order valence-corrected chi connectivity index (χ2v) is 5.85. The Labute approximate surface area is 144 Å². The molecule has 1 aliphatic rings. The number of halogens is 1. The summed E-state index contributed by atoms with van der Waals surface area (Å²) in [5, 5.41) is 3.41. The lowest BCUT2D eigenvalue weighted by atomic mass is 10.1. The molecule has 1 aliphatic heterocycles. The van der Waals surface area contributed by atoms with Crippen molar-refractivity contribution in [2.75, 3.05) is 13.1 Å². The summed E-state index contributed by atoms with van der Waals surface area (Å²) >= 11 is 0. The van der Waals surface area contributed by atoms with Crippen molar-refractivity contribution in [1.82, 2.24) is 10.2 Å². The molecule has 5 nitrogen and oxygen atoms in total. The molecule has 6 heteroatoms. The molecule has 2 rings (SSSR count). The van der Waals surface area contributed by atoms with Crippen LogP contribution in [0.25, 0.3) is 0 Å². The summed E-state index contributed by atoms with van der Waals surface area (Å²) in [6, 6.07) is 10.3. The van der Waals surface area contributed by atoms with Gasteiger partial charge in [0.15, 0.2) is 0 Å². The van der Waals surface area contributed by atoms with Gasteiger partial charge >= 0.3 is 0 Å². The number of hydrogen-bond donors (Lipinski definition) is 2. The highest BCUT2D eigenvalue weighted by Gasteiger charge is 2.19. The van der Waals surface area contributed by atoms with E-state index in [0.29, 0.717) is 25.6 Å². The molecule has 1 unspecified atom stereocenters. The molecule has 1 aromatic rings. The number of rotatable bonds is 8. The zero-order valence-electron chi connectivity index (χ0n) is 13.4. The van der Waals surface area contributed by atoms with Crippen LogP contribution in [0.3, 0.4) is 0 Å². The first kappa shape index (κ1) is 19.5. The van der Waals surface area contributed by atoms with Crippen molar-refractivity contribution in [3.8, 4) is 0 Å². The largest absolute Gasteiger partial charge is 0.370 e. The molecule has 3 N–H and O–H groups in total. The van der Waals surface area contributed by atoms with Gasteiger partial charge in [-0.25, -0.2) is 0 Å². The van der Waals surface area contributed by atoms with E-state index in [2.05, 4.69) is 5.32 Å². The molecule has 128 valence electrons. The van der Waals surface area contributed by atoms with Crippen LogP contribution in [0.1, 0.15) is 37.7 Å². The maximum atomic E-state index is 12.5. The molecule has 1 heterocycles. The number of primary amides is 1. The van der Waals surface area contributed by atoms with Gasteiger partial charge in [0.2, 0.25) is 11.8 Å². The number of nitrogens with two attached hydrogens (primary N) is 1. The minimum atomic E-state index is -0.372. The van der Waals surface area contributed by atoms with Gasteiger partial charge in [0.05, 0.1) is 0 Å². The number of hydrogen-bond acceptors (Lipinski definition) is 3. The zero-order valence-corrected chi connectivity index (χ0v) is 14.2. The Morgan fingerprint density at radius 3 is 2.57 bits per heavy atom. The summed E-state index contributed by atoms with van der Waals surface area (Å²) in [5.41, 5.74) is 6.29. The maximum absolute atomic E-state index is 12.5. The second kappa shape index (κ2) is 10.2. The standard InChI is InChI=1S/C17H25N3O2.ClH/c18-16(21)10-12-20(13-14-5-2-1-3-6-14)17(22)9-8-15-7-4-11-19-15;/h1-3,5-6,15,19H,4,7-13H2,(H2,18,21);1H. The van der Waals surface area contributed by atoms with Crippen LogP contribution < -0.4 is 11.1 Å². The van der Waals surface area contributed by atoms with Crippen molar-refractivity contribution in [3.05, 3.63) is 35.9 Å². The molecule has 1 aromatic carbocycles. The molecule has 1 atom stereocenters. The molecule has 2 amide bonds. The number of nitrogens with zero attached hydrogens (tertiary/aromatic N) is 1. The number of amides is 2. The van der Waals surface area contributed by atoms with Crippen LogP contribution in [0, 0.1) is 0 Å². The van der Waals surface area contributed by atoms with Gasteiger partial charge in [-0.15, -0.1) is 12.4 Å². The first-order chi connectivity index (χ1) is 10.6. The van der Waals surface area contributed by atoms with Crippen molar-refractivity contribution in [2.45, 2.75) is 44.7 Å². The summed E-state index contributed by atoms with van der Waals surface area (Å²) < 4.78 is 0. The lowest BCUT2D eigenvalue weighted by Gasteiger charge is -2.23. The van der Waals surface area contributed by atoms with Crippen LogP contribution in [-0.2, 0) is 16.1 Å². The smallest absolute Gasteiger partial charge is 0.222 e. The average Bonchev–Trinajstić information content (AvgIpc) is 3.03. The van der Waals surface area contributed by atoms with Crippen molar-refractivity contribution in [2.24, 2.45) is 5.73 Å². The Hall–Kier alpha value is -1.59. The number of benzene rings is 1. The van der Waals surface area contributed by atoms with Crippen molar-refractivity contribution < 1.29 is 9.59 Å². The molecule has 23 heavy (non-hydrogen) atoms. The van der Waals surface area contributed by atoms with E-state index in [-0.39, 0.29) is 30.6 Å². The van der Waals surface area contributed by atoms with Gasteiger partial charge in [-0.3, -0.25) is 9.59 Å². The van der Waals surface area contributed by atoms with Crippen LogP contribution in [0.2, 0.25) is 0 Å². The normalized spacial score (nSPS) is 16.6. The van der Waals surface area contributed by atoms with E-state index < -0.39 is 0 Å². The number of carbonyl (C=O) groups is 2. The van der Waals surface area contributed by atoms with Gasteiger partial charge in [-0.1, -0.05) is 30.3 Å². The monoisotopic (exact) mass is 339 g/mol. The average molecular weight is 340 g/mol. The van der Waals surface area contributed by atoms with Crippen LogP contribution in [0.15, 0.2) is 30.3 Å². The molecule has 0 spiro atoms. The van der Waals surface area contributed by atoms with E-state index >= 15 is 0 Å². The van der Waals surface area contributed by atoms with Gasteiger partial charge in [0.25, 0.3) is 0 Å². The fourth-order valence-corrected chi connectivity index (χ4v) is 2.80. The predicted octanol–water partition coefficient (Wildman–Crippen LogP) is 1.84. The van der Waals surface area contributed by atoms with E-state index in [1.807, 2.05) is 30.3 Å². The Bertz CT molecular complexity index is 490. The van der Waals surface area contributed by atoms with Crippen molar-refractivity contribution >= 4 is 24.2 Å². The minimum Gasteiger partial charge on any atom is -0.370 e. The first-order valence-electron chi connectivity index (χ1n) is 7.98. The van der Waals surface area contributed by atoms with E-state index in [1.54, 1.807) is 4.90 Å². The topological polar surface area (TPSA) is 75.4 Å². The van der Waals surface area contributed by atoms with E-state index in [0.717, 1.165) is 24.9 Å². The van der Waals surface area contributed by atoms with Gasteiger partial charge in [0, 0.05) is 32.0 Å². The molecular weight excluding hydrogens is 314 g/mol. The van der Waals surface area contributed by atoms with Crippen LogP contribution in [0.4, 0.5) is 0 Å². The summed E-state index contributed by atoms with van der Waals surface area (Å²) in [5.74, 6) is -0.276. The van der Waals surface area contributed by atoms with Gasteiger partial charge in [0.1, 0.15) is 0 Å². The van der Waals surface area contributed by atoms with E-state index in [1.165, 1.54) is 6.42 Å². The quantitative estimate of drug-likeness (QED) is 0.759. The lowest BCUT2D eigenvalue weighted by molar-refractivity contribution is -0.132. The van der Waals surface area contributed by atoms with Gasteiger partial charge < -0.3 is 16.0 Å². The fourth-order valence-electron chi connectivity index (χ4n) is 2.80. The molecule has 0 aromatic heterocycles. The van der Waals surface area contributed by atoms with Crippen LogP contribution in [0.5, 0.6) is 0 Å². The third-order valence-corrected chi connectivity index (χ3v) is 4.07. The molecule has 1 saturated heterocycles. The summed E-state index contributed by atoms with van der Waals surface area (Å²) in [4.78, 5) is 25.2. The maximum Gasteiger partial charge on any atom is 0.222 e. The first-order valence-corrected chi connectivity index (χ1v) is 7.98. The van der Waals surface area contributed by atoms with Gasteiger partial charge in [-0.2, -0.15) is 0 Å². The Morgan fingerprint density at radius 2 is 1.96 bits per heavy atom. The summed E-state index contributed by atoms with van der Waals surface area (Å²) in [7, 11) is 0. The third kappa shape index (κ3) is 7.01. The van der Waals surface area contributed by atoms with E-state index in [4.69, 9.17) is 5.73 Å². The summed E-state index contributed by atoms with van der Waals surface area (Å²) in [6.45, 7) is 1.97. The Balaban J connectivity index is 0.00000264. The molecule has 0 saturated carbocycles. The lowest BCUT2D eigenvalue weighted by Crippen LogP contribution is -2.34. The fraction of sp³-hybridized carbons (Fsp3) is 0.529. The molecular formula is C17H26ClN3O2. The highest BCUT2D eigenvalue weighted by Crippen LogP contribution is 2.13. The Kier molecular flexibility index (Phi) is 8.66. The highest BCUT2D eigenvalue weighted by atomic mass is 35.5. The summed E-state index contributed by atoms with van der Waals surface area (Å²) in [6.07, 6.45) is 3.92. The molecule has 1 fully saturated rings. The van der Waals surface area contributed by atoms with Gasteiger partial charge in [-0.05, 0) is 31.4 Å². The van der Waals surface area contributed by atoms with E-state index in [9.17, 15) is 9.59 Å². The van der Waals surface area contributed by atoms with Crippen LogP contribution >= 0.6 is 12.4 Å². The highest BCUT2D eigenvalue weighted by molar-refractivity contribution is 5.85. The molecule has 0 aliphatic carbocycles. The predicted molar refractivity (Wildman–Crippen MR) is 93.2 cm³/mol. The number of nitrogens with one attached hydrogen (secondary N) is 1. The number of carbonyl (C=O) groups excluding carboxylic acids is 2. The molecule has 0 radical (unpaired) electrons. The zero-order chi connectivity index (χ0) is 15.8. The Morgan fingerprint density at radius 1 is 1.22 bits per heavy atom. The molecule has 0 bridgehead atoms.